The Morgan fingerprint density at radius 2 is 2.00 bits per heavy atom. The van der Waals surface area contributed by atoms with E-state index in [9.17, 15) is 8.78 Å². The van der Waals surface area contributed by atoms with Gasteiger partial charge in [-0.15, -0.1) is 0 Å². The lowest BCUT2D eigenvalue weighted by molar-refractivity contribution is 0.508. The molecule has 0 unspecified atom stereocenters. The molecule has 0 spiro atoms. The minimum absolute atomic E-state index is 0.531. The lowest BCUT2D eigenvalue weighted by Crippen LogP contribution is -2.10. The largest absolute Gasteiger partial charge is 0.385 e. The molecule has 0 heterocycles. The Bertz CT molecular complexity index is 299. The number of anilines is 1. The third-order valence-corrected chi connectivity index (χ3v) is 2.27. The smallest absolute Gasteiger partial charge is 0.160 e. The van der Waals surface area contributed by atoms with E-state index in [-0.39, 0.29) is 0 Å². The van der Waals surface area contributed by atoms with E-state index in [1.54, 1.807) is 6.07 Å². The molecule has 0 radical (unpaired) electrons. The predicted molar refractivity (Wildman–Crippen MR) is 54.3 cm³/mol. The SMILES string of the molecule is CC[C@H](C)CNc1ccc(F)c(F)c1. The first-order valence-corrected chi connectivity index (χ1v) is 4.82. The summed E-state index contributed by atoms with van der Waals surface area (Å²) in [4.78, 5) is 0. The van der Waals surface area contributed by atoms with E-state index < -0.39 is 11.6 Å². The molecule has 1 nitrogen and oxygen atoms in total. The van der Waals surface area contributed by atoms with Gasteiger partial charge in [-0.2, -0.15) is 0 Å². The molecule has 0 aromatic heterocycles. The molecule has 0 amide bonds. The first-order valence-electron chi connectivity index (χ1n) is 4.82. The van der Waals surface area contributed by atoms with Gasteiger partial charge in [0.15, 0.2) is 11.6 Å². The lowest BCUT2D eigenvalue weighted by Gasteiger charge is -2.11. The highest BCUT2D eigenvalue weighted by molar-refractivity contribution is 5.43. The number of nitrogens with one attached hydrogen (secondary N) is 1. The Morgan fingerprint density at radius 1 is 1.29 bits per heavy atom. The fraction of sp³-hybridized carbons (Fsp3) is 0.455. The Balaban J connectivity index is 2.55. The highest BCUT2D eigenvalue weighted by Crippen LogP contribution is 2.13. The Labute approximate surface area is 83.1 Å². The summed E-state index contributed by atoms with van der Waals surface area (Å²) in [5.74, 6) is -1.08. The van der Waals surface area contributed by atoms with E-state index in [4.69, 9.17) is 0 Å². The minimum Gasteiger partial charge on any atom is -0.385 e. The van der Waals surface area contributed by atoms with Crippen LogP contribution in [0.3, 0.4) is 0 Å². The van der Waals surface area contributed by atoms with E-state index in [2.05, 4.69) is 19.2 Å². The number of hydrogen-bond acceptors (Lipinski definition) is 1. The fourth-order valence-electron chi connectivity index (χ4n) is 1.04. The molecule has 0 aliphatic heterocycles. The van der Waals surface area contributed by atoms with Crippen LogP contribution in [0.25, 0.3) is 0 Å². The maximum Gasteiger partial charge on any atom is 0.160 e. The van der Waals surface area contributed by atoms with Gasteiger partial charge in [-0.3, -0.25) is 0 Å². The molecule has 14 heavy (non-hydrogen) atoms. The molecule has 1 atom stereocenters. The second kappa shape index (κ2) is 4.94. The summed E-state index contributed by atoms with van der Waals surface area (Å²) >= 11 is 0. The van der Waals surface area contributed by atoms with Gasteiger partial charge in [0.25, 0.3) is 0 Å². The van der Waals surface area contributed by atoms with Crippen LogP contribution >= 0.6 is 0 Å². The van der Waals surface area contributed by atoms with Crippen molar-refractivity contribution in [2.24, 2.45) is 5.92 Å². The average molecular weight is 199 g/mol. The standard InChI is InChI=1S/C11H15F2N/c1-3-8(2)7-14-9-4-5-10(12)11(13)6-9/h4-6,8,14H,3,7H2,1-2H3/t8-/m0/s1. The summed E-state index contributed by atoms with van der Waals surface area (Å²) in [6.45, 7) is 4.98. The molecule has 0 saturated carbocycles. The van der Waals surface area contributed by atoms with Crippen molar-refractivity contribution in [2.75, 3.05) is 11.9 Å². The molecular weight excluding hydrogens is 184 g/mol. The van der Waals surface area contributed by atoms with Crippen molar-refractivity contribution in [1.82, 2.24) is 0 Å². The van der Waals surface area contributed by atoms with Crippen LogP contribution in [-0.2, 0) is 0 Å². The van der Waals surface area contributed by atoms with Gasteiger partial charge >= 0.3 is 0 Å². The topological polar surface area (TPSA) is 12.0 Å². The number of rotatable bonds is 4. The summed E-state index contributed by atoms with van der Waals surface area (Å²) in [5, 5.41) is 3.06. The lowest BCUT2D eigenvalue weighted by atomic mass is 10.1. The second-order valence-corrected chi connectivity index (χ2v) is 3.52. The number of hydrogen-bond donors (Lipinski definition) is 1. The van der Waals surface area contributed by atoms with Crippen molar-refractivity contribution in [3.05, 3.63) is 29.8 Å². The van der Waals surface area contributed by atoms with E-state index >= 15 is 0 Å². The maximum absolute atomic E-state index is 12.8. The molecule has 0 bridgehead atoms. The monoisotopic (exact) mass is 199 g/mol. The van der Waals surface area contributed by atoms with Crippen molar-refractivity contribution >= 4 is 5.69 Å². The maximum atomic E-state index is 12.8. The van der Waals surface area contributed by atoms with Crippen molar-refractivity contribution in [3.63, 3.8) is 0 Å². The molecule has 3 heteroatoms. The number of halogens is 2. The van der Waals surface area contributed by atoms with Crippen molar-refractivity contribution in [1.29, 1.82) is 0 Å². The molecule has 1 N–H and O–H groups in total. The van der Waals surface area contributed by atoms with Crippen molar-refractivity contribution in [2.45, 2.75) is 20.3 Å². The third kappa shape index (κ3) is 2.98. The first kappa shape index (κ1) is 11.0. The summed E-state index contributed by atoms with van der Waals surface area (Å²) in [7, 11) is 0. The van der Waals surface area contributed by atoms with Crippen LogP contribution in [0.2, 0.25) is 0 Å². The van der Waals surface area contributed by atoms with Crippen LogP contribution in [0.4, 0.5) is 14.5 Å². The van der Waals surface area contributed by atoms with Crippen molar-refractivity contribution < 1.29 is 8.78 Å². The molecule has 78 valence electrons. The van der Waals surface area contributed by atoms with Gasteiger partial charge in [-0.1, -0.05) is 20.3 Å². The van der Waals surface area contributed by atoms with Gasteiger partial charge < -0.3 is 5.32 Å². The summed E-state index contributed by atoms with van der Waals surface area (Å²) in [6.07, 6.45) is 1.07. The molecule has 1 aromatic rings. The molecule has 0 aliphatic carbocycles. The first-order chi connectivity index (χ1) is 6.63. The van der Waals surface area contributed by atoms with E-state index in [0.29, 0.717) is 11.6 Å². The van der Waals surface area contributed by atoms with Gasteiger partial charge in [-0.05, 0) is 24.1 Å². The zero-order valence-electron chi connectivity index (χ0n) is 8.48. The quantitative estimate of drug-likeness (QED) is 0.783. The van der Waals surface area contributed by atoms with Gasteiger partial charge in [-0.25, -0.2) is 8.78 Å². The van der Waals surface area contributed by atoms with Crippen LogP contribution in [-0.4, -0.2) is 6.54 Å². The second-order valence-electron chi connectivity index (χ2n) is 3.52. The molecule has 1 aromatic carbocycles. The number of benzene rings is 1. The minimum atomic E-state index is -0.806. The van der Waals surface area contributed by atoms with Gasteiger partial charge in [0.05, 0.1) is 0 Å². The van der Waals surface area contributed by atoms with E-state index in [1.165, 1.54) is 6.07 Å². The van der Waals surface area contributed by atoms with Crippen LogP contribution in [0.1, 0.15) is 20.3 Å². The van der Waals surface area contributed by atoms with Crippen LogP contribution in [0.15, 0.2) is 18.2 Å². The Kier molecular flexibility index (Phi) is 3.86. The molecule has 0 fully saturated rings. The van der Waals surface area contributed by atoms with Gasteiger partial charge in [0.2, 0.25) is 0 Å². The van der Waals surface area contributed by atoms with E-state index in [1.807, 2.05) is 0 Å². The normalized spacial score (nSPS) is 12.6. The summed E-state index contributed by atoms with van der Waals surface area (Å²) < 4.78 is 25.3. The molecule has 0 aliphatic rings. The van der Waals surface area contributed by atoms with Crippen LogP contribution < -0.4 is 5.32 Å². The Hall–Kier alpha value is -1.12. The van der Waals surface area contributed by atoms with Gasteiger partial charge in [0.1, 0.15) is 0 Å². The van der Waals surface area contributed by atoms with Crippen LogP contribution in [0, 0.1) is 17.6 Å². The van der Waals surface area contributed by atoms with Crippen molar-refractivity contribution in [3.8, 4) is 0 Å². The zero-order valence-corrected chi connectivity index (χ0v) is 8.48. The van der Waals surface area contributed by atoms with E-state index in [0.717, 1.165) is 19.0 Å². The molecule has 1 rings (SSSR count). The third-order valence-electron chi connectivity index (χ3n) is 2.27. The average Bonchev–Trinajstić information content (AvgIpc) is 2.19. The van der Waals surface area contributed by atoms with Crippen LogP contribution in [0.5, 0.6) is 0 Å². The summed E-state index contributed by atoms with van der Waals surface area (Å²) in [6, 6.07) is 3.85. The molecule has 0 saturated heterocycles. The summed E-state index contributed by atoms with van der Waals surface area (Å²) in [5.41, 5.74) is 0.629. The fourth-order valence-corrected chi connectivity index (χ4v) is 1.04. The zero-order chi connectivity index (χ0) is 10.6. The highest BCUT2D eigenvalue weighted by atomic mass is 19.2. The predicted octanol–water partition coefficient (Wildman–Crippen LogP) is 3.42. The van der Waals surface area contributed by atoms with Gasteiger partial charge in [0, 0.05) is 12.2 Å². The Morgan fingerprint density at radius 3 is 2.57 bits per heavy atom. The molecular formula is C11H15F2N. The highest BCUT2D eigenvalue weighted by Gasteiger charge is 2.03.